The number of hydrogen-bond donors (Lipinski definition) is 0. The highest BCUT2D eigenvalue weighted by atomic mass is 16.6. The lowest BCUT2D eigenvalue weighted by atomic mass is 10.1. The molecule has 0 aromatic heterocycles. The molecule has 3 nitrogen and oxygen atoms in total. The van der Waals surface area contributed by atoms with Crippen molar-refractivity contribution in [2.75, 3.05) is 18.1 Å². The number of anilines is 3. The lowest BCUT2D eigenvalue weighted by Crippen LogP contribution is -2.11. The van der Waals surface area contributed by atoms with Crippen LogP contribution in [-0.4, -0.2) is 19.3 Å². The van der Waals surface area contributed by atoms with Gasteiger partial charge in [0.25, 0.3) is 0 Å². The van der Waals surface area contributed by atoms with Gasteiger partial charge in [0.2, 0.25) is 0 Å². The number of rotatable bonds is 7. The van der Waals surface area contributed by atoms with Crippen molar-refractivity contribution >= 4 is 17.1 Å². The maximum Gasteiger partial charge on any atom is 0.104 e. The van der Waals surface area contributed by atoms with Gasteiger partial charge < -0.3 is 14.4 Å². The zero-order valence-corrected chi connectivity index (χ0v) is 17.7. The van der Waals surface area contributed by atoms with Crippen molar-refractivity contribution in [3.8, 4) is 0 Å². The molecule has 4 rings (SSSR count). The molecule has 0 radical (unpaired) electrons. The van der Waals surface area contributed by atoms with Crippen molar-refractivity contribution in [2.45, 2.75) is 40.4 Å². The minimum atomic E-state index is 0.305. The van der Waals surface area contributed by atoms with Gasteiger partial charge in [-0.25, -0.2) is 0 Å². The molecular formula is C26H29NO2. The third-order valence-corrected chi connectivity index (χ3v) is 5.67. The van der Waals surface area contributed by atoms with Crippen molar-refractivity contribution in [3.63, 3.8) is 0 Å². The summed E-state index contributed by atoms with van der Waals surface area (Å²) >= 11 is 0. The zero-order valence-electron chi connectivity index (χ0n) is 17.7. The first-order chi connectivity index (χ1) is 14.0. The molecule has 3 aromatic rings. The first kappa shape index (κ1) is 19.7. The van der Waals surface area contributed by atoms with E-state index >= 15 is 0 Å². The Balaban J connectivity index is 1.65. The first-order valence-electron chi connectivity index (χ1n) is 10.2. The molecule has 1 unspecified atom stereocenters. The van der Waals surface area contributed by atoms with Crippen LogP contribution in [0.1, 0.15) is 27.8 Å². The fourth-order valence-electron chi connectivity index (χ4n) is 3.39. The van der Waals surface area contributed by atoms with E-state index in [2.05, 4.69) is 93.3 Å². The number of ether oxygens (including phenoxy) is 2. The molecule has 0 saturated carbocycles. The molecule has 0 bridgehead atoms. The van der Waals surface area contributed by atoms with Crippen LogP contribution in [0.15, 0.2) is 60.7 Å². The standard InChI is InChI=1S/C26H29NO2/c1-18-5-9-24(13-20(18)3)27(25-10-6-19(2)21(4)14-25)23-11-7-22(8-12-23)15-28-16-26-17-29-26/h5-14,26H,15-17H2,1-4H3. The highest BCUT2D eigenvalue weighted by molar-refractivity contribution is 5.77. The van der Waals surface area contributed by atoms with Gasteiger partial charge in [-0.15, -0.1) is 0 Å². The monoisotopic (exact) mass is 387 g/mol. The molecule has 3 heteroatoms. The predicted octanol–water partition coefficient (Wildman–Crippen LogP) is 6.31. The summed E-state index contributed by atoms with van der Waals surface area (Å²) in [6.07, 6.45) is 0.305. The first-order valence-corrected chi connectivity index (χ1v) is 10.2. The van der Waals surface area contributed by atoms with Gasteiger partial charge >= 0.3 is 0 Å². The normalized spacial score (nSPS) is 15.4. The van der Waals surface area contributed by atoms with Crippen molar-refractivity contribution < 1.29 is 9.47 Å². The van der Waals surface area contributed by atoms with E-state index in [1.165, 1.54) is 39.2 Å². The zero-order chi connectivity index (χ0) is 20.4. The van der Waals surface area contributed by atoms with E-state index in [1.54, 1.807) is 0 Å². The maximum atomic E-state index is 5.73. The predicted molar refractivity (Wildman–Crippen MR) is 119 cm³/mol. The van der Waals surface area contributed by atoms with Crippen LogP contribution in [-0.2, 0) is 16.1 Å². The molecule has 0 N–H and O–H groups in total. The summed E-state index contributed by atoms with van der Waals surface area (Å²) in [6.45, 7) is 10.8. The maximum absolute atomic E-state index is 5.73. The smallest absolute Gasteiger partial charge is 0.104 e. The van der Waals surface area contributed by atoms with Crippen molar-refractivity contribution in [3.05, 3.63) is 88.5 Å². The summed E-state index contributed by atoms with van der Waals surface area (Å²) in [5, 5.41) is 0. The van der Waals surface area contributed by atoms with Gasteiger partial charge in [0.05, 0.1) is 19.8 Å². The van der Waals surface area contributed by atoms with Gasteiger partial charge in [0.15, 0.2) is 0 Å². The molecule has 1 fully saturated rings. The van der Waals surface area contributed by atoms with Gasteiger partial charge in [-0.2, -0.15) is 0 Å². The topological polar surface area (TPSA) is 25.0 Å². The van der Waals surface area contributed by atoms with Crippen LogP contribution in [0.4, 0.5) is 17.1 Å². The average Bonchev–Trinajstić information content (AvgIpc) is 3.53. The van der Waals surface area contributed by atoms with E-state index in [0.717, 1.165) is 12.3 Å². The molecule has 0 spiro atoms. The van der Waals surface area contributed by atoms with E-state index in [9.17, 15) is 0 Å². The van der Waals surface area contributed by atoms with E-state index in [1.807, 2.05) is 0 Å². The van der Waals surface area contributed by atoms with E-state index in [4.69, 9.17) is 9.47 Å². The summed E-state index contributed by atoms with van der Waals surface area (Å²) in [7, 11) is 0. The van der Waals surface area contributed by atoms with Crippen LogP contribution >= 0.6 is 0 Å². The second kappa shape index (κ2) is 8.40. The van der Waals surface area contributed by atoms with Crippen molar-refractivity contribution in [2.24, 2.45) is 0 Å². The van der Waals surface area contributed by atoms with Crippen molar-refractivity contribution in [1.29, 1.82) is 0 Å². The second-order valence-corrected chi connectivity index (χ2v) is 8.01. The number of hydrogen-bond acceptors (Lipinski definition) is 3. The van der Waals surface area contributed by atoms with E-state index in [-0.39, 0.29) is 0 Å². The minimum absolute atomic E-state index is 0.305. The number of nitrogens with zero attached hydrogens (tertiary/aromatic N) is 1. The van der Waals surface area contributed by atoms with Gasteiger partial charge in [-0.05, 0) is 91.9 Å². The fourth-order valence-corrected chi connectivity index (χ4v) is 3.39. The van der Waals surface area contributed by atoms with Crippen LogP contribution in [0, 0.1) is 27.7 Å². The van der Waals surface area contributed by atoms with Gasteiger partial charge in [0.1, 0.15) is 6.10 Å². The Hall–Kier alpha value is -2.62. The lowest BCUT2D eigenvalue weighted by molar-refractivity contribution is 0.104. The van der Waals surface area contributed by atoms with Gasteiger partial charge in [-0.1, -0.05) is 24.3 Å². The molecule has 0 amide bonds. The molecule has 1 heterocycles. The van der Waals surface area contributed by atoms with Crippen LogP contribution in [0.5, 0.6) is 0 Å². The van der Waals surface area contributed by atoms with Gasteiger partial charge in [0, 0.05) is 17.1 Å². The van der Waals surface area contributed by atoms with Gasteiger partial charge in [-0.3, -0.25) is 0 Å². The molecule has 3 aromatic carbocycles. The molecule has 1 saturated heterocycles. The van der Waals surface area contributed by atoms with Crippen LogP contribution in [0.3, 0.4) is 0 Å². The third-order valence-electron chi connectivity index (χ3n) is 5.67. The van der Waals surface area contributed by atoms with Crippen molar-refractivity contribution in [1.82, 2.24) is 0 Å². The van der Waals surface area contributed by atoms with Crippen LogP contribution in [0.25, 0.3) is 0 Å². The van der Waals surface area contributed by atoms with E-state index in [0.29, 0.717) is 19.3 Å². The Labute approximate surface area is 173 Å². The molecule has 29 heavy (non-hydrogen) atoms. The molecular weight excluding hydrogens is 358 g/mol. The quantitative estimate of drug-likeness (QED) is 0.444. The Morgan fingerprint density at radius 3 is 1.76 bits per heavy atom. The summed E-state index contributed by atoms with van der Waals surface area (Å²) in [6, 6.07) is 22.0. The largest absolute Gasteiger partial charge is 0.374 e. The SMILES string of the molecule is Cc1ccc(N(c2ccc(COCC3CO3)cc2)c2ccc(C)c(C)c2)cc1C. The lowest BCUT2D eigenvalue weighted by Gasteiger charge is -2.27. The number of aryl methyl sites for hydroxylation is 4. The molecule has 1 atom stereocenters. The highest BCUT2D eigenvalue weighted by Gasteiger charge is 2.22. The summed E-state index contributed by atoms with van der Waals surface area (Å²) in [4.78, 5) is 2.32. The Morgan fingerprint density at radius 1 is 0.759 bits per heavy atom. The van der Waals surface area contributed by atoms with Crippen LogP contribution in [0.2, 0.25) is 0 Å². The third kappa shape index (κ3) is 4.69. The fraction of sp³-hybridized carbons (Fsp3) is 0.308. The Kier molecular flexibility index (Phi) is 5.70. The summed E-state index contributed by atoms with van der Waals surface area (Å²) < 4.78 is 10.9. The number of epoxide rings is 1. The molecule has 150 valence electrons. The summed E-state index contributed by atoms with van der Waals surface area (Å²) in [5.41, 5.74) is 9.87. The number of benzene rings is 3. The molecule has 1 aliphatic heterocycles. The highest BCUT2D eigenvalue weighted by Crippen LogP contribution is 2.36. The molecule has 1 aliphatic rings. The minimum Gasteiger partial charge on any atom is -0.374 e. The Bertz CT molecular complexity index is 939. The summed E-state index contributed by atoms with van der Waals surface area (Å²) in [5.74, 6) is 0. The van der Waals surface area contributed by atoms with E-state index < -0.39 is 0 Å². The molecule has 0 aliphatic carbocycles. The average molecular weight is 388 g/mol. The van der Waals surface area contributed by atoms with Crippen LogP contribution < -0.4 is 4.90 Å². The second-order valence-electron chi connectivity index (χ2n) is 8.01. The Morgan fingerprint density at radius 2 is 1.28 bits per heavy atom.